The van der Waals surface area contributed by atoms with E-state index >= 15 is 0 Å². The summed E-state index contributed by atoms with van der Waals surface area (Å²) in [5, 5.41) is 3.58. The van der Waals surface area contributed by atoms with Crippen molar-refractivity contribution in [3.63, 3.8) is 0 Å². The molecule has 23 heavy (non-hydrogen) atoms. The standard InChI is InChI=1S/C20H30OSSi/c1-19(2,3)23(4,5)21-20(14-10-7-11-15-20)16-17-22-18-12-8-6-9-13-18/h6,8-9,12-13H,7,10-11,14-15H2,1-5H3. The molecule has 0 N–H and O–H groups in total. The van der Waals surface area contributed by atoms with E-state index in [2.05, 4.69) is 69.3 Å². The fraction of sp³-hybridized carbons (Fsp3) is 0.600. The van der Waals surface area contributed by atoms with Crippen LogP contribution in [0, 0.1) is 11.2 Å². The van der Waals surface area contributed by atoms with E-state index in [0.29, 0.717) is 0 Å². The summed E-state index contributed by atoms with van der Waals surface area (Å²) >= 11 is 1.62. The second kappa shape index (κ2) is 7.47. The van der Waals surface area contributed by atoms with Gasteiger partial charge in [-0.2, -0.15) is 0 Å². The maximum absolute atomic E-state index is 6.82. The first-order valence-electron chi connectivity index (χ1n) is 8.68. The summed E-state index contributed by atoms with van der Waals surface area (Å²) in [6.07, 6.45) is 5.96. The minimum Gasteiger partial charge on any atom is -0.401 e. The van der Waals surface area contributed by atoms with E-state index in [9.17, 15) is 0 Å². The molecule has 0 spiro atoms. The molecule has 1 nitrogen and oxygen atoms in total. The molecule has 1 aromatic carbocycles. The van der Waals surface area contributed by atoms with Crippen molar-refractivity contribution in [2.45, 2.75) is 81.5 Å². The predicted octanol–water partition coefficient (Wildman–Crippen LogP) is 6.46. The molecule has 0 bridgehead atoms. The highest BCUT2D eigenvalue weighted by atomic mass is 32.2. The third kappa shape index (κ3) is 5.14. The maximum atomic E-state index is 6.82. The number of benzene rings is 1. The molecule has 2 rings (SSSR count). The topological polar surface area (TPSA) is 9.23 Å². The van der Waals surface area contributed by atoms with Crippen molar-refractivity contribution < 1.29 is 4.43 Å². The predicted molar refractivity (Wildman–Crippen MR) is 104 cm³/mol. The van der Waals surface area contributed by atoms with Crippen LogP contribution in [-0.4, -0.2) is 13.9 Å². The van der Waals surface area contributed by atoms with Crippen LogP contribution < -0.4 is 0 Å². The Bertz CT molecular complexity index is 557. The van der Waals surface area contributed by atoms with Crippen LogP contribution in [0.1, 0.15) is 52.9 Å². The van der Waals surface area contributed by atoms with Gasteiger partial charge in [0.15, 0.2) is 8.32 Å². The van der Waals surface area contributed by atoms with E-state index in [1.54, 1.807) is 11.8 Å². The second-order valence-electron chi connectivity index (χ2n) is 8.06. The Morgan fingerprint density at radius 2 is 1.65 bits per heavy atom. The van der Waals surface area contributed by atoms with E-state index < -0.39 is 8.32 Å². The first-order chi connectivity index (χ1) is 10.7. The maximum Gasteiger partial charge on any atom is 0.194 e. The Labute approximate surface area is 147 Å². The highest BCUT2D eigenvalue weighted by Crippen LogP contribution is 2.43. The van der Waals surface area contributed by atoms with Gasteiger partial charge in [0.1, 0.15) is 5.60 Å². The van der Waals surface area contributed by atoms with Gasteiger partial charge in [-0.3, -0.25) is 0 Å². The number of hydrogen-bond donors (Lipinski definition) is 0. The normalized spacial score (nSPS) is 18.1. The van der Waals surface area contributed by atoms with Crippen LogP contribution in [0.25, 0.3) is 0 Å². The van der Waals surface area contributed by atoms with Gasteiger partial charge in [0.05, 0.1) is 0 Å². The fourth-order valence-electron chi connectivity index (χ4n) is 2.68. The van der Waals surface area contributed by atoms with Crippen LogP contribution in [0.3, 0.4) is 0 Å². The van der Waals surface area contributed by atoms with Gasteiger partial charge in [-0.15, -0.1) is 0 Å². The lowest BCUT2D eigenvalue weighted by atomic mass is 9.86. The molecule has 1 fully saturated rings. The van der Waals surface area contributed by atoms with Crippen LogP contribution in [0.5, 0.6) is 0 Å². The number of hydrogen-bond acceptors (Lipinski definition) is 2. The number of rotatable bonds is 3. The Morgan fingerprint density at radius 1 is 1.04 bits per heavy atom. The van der Waals surface area contributed by atoms with Gasteiger partial charge in [0, 0.05) is 4.90 Å². The van der Waals surface area contributed by atoms with Gasteiger partial charge in [0.25, 0.3) is 0 Å². The van der Waals surface area contributed by atoms with Gasteiger partial charge < -0.3 is 4.43 Å². The summed E-state index contributed by atoms with van der Waals surface area (Å²) < 4.78 is 6.82. The molecule has 0 saturated heterocycles. The minimum atomic E-state index is -1.81. The van der Waals surface area contributed by atoms with E-state index in [4.69, 9.17) is 4.43 Å². The average molecular weight is 347 g/mol. The molecule has 3 heteroatoms. The zero-order valence-corrected chi connectivity index (χ0v) is 17.1. The Balaban J connectivity index is 2.16. The first-order valence-corrected chi connectivity index (χ1v) is 12.4. The van der Waals surface area contributed by atoms with Gasteiger partial charge in [-0.1, -0.05) is 51.3 Å². The van der Waals surface area contributed by atoms with Gasteiger partial charge in [-0.05, 0) is 73.0 Å². The van der Waals surface area contributed by atoms with E-state index in [-0.39, 0.29) is 10.6 Å². The minimum absolute atomic E-state index is 0.219. The summed E-state index contributed by atoms with van der Waals surface area (Å²) in [6, 6.07) is 10.4. The van der Waals surface area contributed by atoms with E-state index in [0.717, 1.165) is 12.8 Å². The van der Waals surface area contributed by atoms with Crippen LogP contribution in [0.2, 0.25) is 18.1 Å². The molecule has 0 aromatic heterocycles. The van der Waals surface area contributed by atoms with Crippen LogP contribution in [0.15, 0.2) is 35.2 Å². The van der Waals surface area contributed by atoms with Crippen molar-refractivity contribution in [2.75, 3.05) is 0 Å². The summed E-state index contributed by atoms with van der Waals surface area (Å²) in [6.45, 7) is 11.6. The fourth-order valence-corrected chi connectivity index (χ4v) is 4.87. The summed E-state index contributed by atoms with van der Waals surface area (Å²) in [5.41, 5.74) is -0.219. The third-order valence-electron chi connectivity index (χ3n) is 5.11. The molecule has 1 aliphatic rings. The van der Waals surface area contributed by atoms with Crippen LogP contribution in [-0.2, 0) is 4.43 Å². The monoisotopic (exact) mass is 346 g/mol. The zero-order chi connectivity index (χ0) is 17.0. The van der Waals surface area contributed by atoms with Gasteiger partial charge >= 0.3 is 0 Å². The third-order valence-corrected chi connectivity index (χ3v) is 10.3. The lowest BCUT2D eigenvalue weighted by Gasteiger charge is -2.45. The molecule has 0 unspecified atom stereocenters. The molecule has 1 aliphatic carbocycles. The molecule has 0 atom stereocenters. The Hall–Kier alpha value is -0.693. The molecule has 126 valence electrons. The van der Waals surface area contributed by atoms with Crippen molar-refractivity contribution in [2.24, 2.45) is 0 Å². The molecular weight excluding hydrogens is 316 g/mol. The second-order valence-corrected chi connectivity index (χ2v) is 13.7. The molecule has 1 saturated carbocycles. The first kappa shape index (κ1) is 18.6. The van der Waals surface area contributed by atoms with E-state index in [1.807, 2.05) is 6.07 Å². The average Bonchev–Trinajstić information content (AvgIpc) is 2.47. The quantitative estimate of drug-likeness (QED) is 0.352. The Morgan fingerprint density at radius 3 is 2.22 bits per heavy atom. The molecule has 1 aromatic rings. The molecule has 0 aliphatic heterocycles. The summed E-state index contributed by atoms with van der Waals surface area (Å²) in [4.78, 5) is 1.21. The lowest BCUT2D eigenvalue weighted by molar-refractivity contribution is 0.0719. The highest BCUT2D eigenvalue weighted by molar-refractivity contribution is 8.03. The van der Waals surface area contributed by atoms with Crippen molar-refractivity contribution >= 4 is 20.1 Å². The van der Waals surface area contributed by atoms with Crippen LogP contribution >= 0.6 is 11.8 Å². The molecule has 0 radical (unpaired) electrons. The van der Waals surface area contributed by atoms with Crippen molar-refractivity contribution in [1.29, 1.82) is 0 Å². The molecule has 0 amide bonds. The zero-order valence-electron chi connectivity index (χ0n) is 15.2. The van der Waals surface area contributed by atoms with Crippen molar-refractivity contribution in [3.8, 4) is 11.2 Å². The summed E-state index contributed by atoms with van der Waals surface area (Å²) in [5.74, 6) is 3.54. The lowest BCUT2D eigenvalue weighted by Crippen LogP contribution is -2.50. The van der Waals surface area contributed by atoms with Crippen LogP contribution in [0.4, 0.5) is 0 Å². The van der Waals surface area contributed by atoms with E-state index in [1.165, 1.54) is 24.2 Å². The highest BCUT2D eigenvalue weighted by Gasteiger charge is 2.44. The molecular formula is C20H30OSSi. The Kier molecular flexibility index (Phi) is 6.05. The SMILES string of the molecule is CC(C)(C)[Si](C)(C)OC1(C#CSc2ccccc2)CCCCC1. The largest absolute Gasteiger partial charge is 0.401 e. The van der Waals surface area contributed by atoms with Crippen molar-refractivity contribution in [1.82, 2.24) is 0 Å². The van der Waals surface area contributed by atoms with Crippen molar-refractivity contribution in [3.05, 3.63) is 30.3 Å². The number of thioether (sulfide) groups is 1. The van der Waals surface area contributed by atoms with Gasteiger partial charge in [0.2, 0.25) is 0 Å². The van der Waals surface area contributed by atoms with Gasteiger partial charge in [-0.25, -0.2) is 0 Å². The smallest absolute Gasteiger partial charge is 0.194 e. The summed E-state index contributed by atoms with van der Waals surface area (Å²) in [7, 11) is -1.81. The molecule has 0 heterocycles.